The lowest BCUT2D eigenvalue weighted by atomic mass is 10.1. The number of aromatic amines is 1. The summed E-state index contributed by atoms with van der Waals surface area (Å²) in [6.45, 7) is 4.92. The van der Waals surface area contributed by atoms with Gasteiger partial charge in [-0.1, -0.05) is 19.1 Å². The van der Waals surface area contributed by atoms with Crippen molar-refractivity contribution in [3.05, 3.63) is 42.4 Å². The smallest absolute Gasteiger partial charge is 0.278 e. The number of anilines is 1. The number of H-pyrrole nitrogens is 1. The summed E-state index contributed by atoms with van der Waals surface area (Å²) in [4.78, 5) is 6.30. The highest BCUT2D eigenvalue weighted by molar-refractivity contribution is 7.92. The lowest BCUT2D eigenvalue weighted by molar-refractivity contribution is 0.596. The van der Waals surface area contributed by atoms with E-state index < -0.39 is 10.0 Å². The monoisotopic (exact) mass is 294 g/mol. The number of benzene rings is 1. The number of aromatic nitrogens is 2. The van der Waals surface area contributed by atoms with Crippen molar-refractivity contribution >= 4 is 15.7 Å². The minimum atomic E-state index is -3.61. The van der Waals surface area contributed by atoms with Crippen LogP contribution >= 0.6 is 0 Å². The molecule has 1 aromatic heterocycles. The van der Waals surface area contributed by atoms with E-state index in [-0.39, 0.29) is 11.1 Å². The van der Waals surface area contributed by atoms with Crippen LogP contribution in [0, 0.1) is 0 Å². The molecule has 2 aromatic rings. The van der Waals surface area contributed by atoms with Crippen LogP contribution in [0.25, 0.3) is 0 Å². The van der Waals surface area contributed by atoms with Gasteiger partial charge in [0, 0.05) is 11.7 Å². The van der Waals surface area contributed by atoms with Crippen molar-refractivity contribution in [2.45, 2.75) is 24.9 Å². The minimum absolute atomic E-state index is 0.0441. The van der Waals surface area contributed by atoms with Crippen molar-refractivity contribution in [1.29, 1.82) is 0 Å². The molecule has 0 fully saturated rings. The number of sulfonamides is 1. The predicted octanol–water partition coefficient (Wildman–Crippen LogP) is 1.88. The number of hydrogen-bond acceptors (Lipinski definition) is 4. The molecule has 0 radical (unpaired) electrons. The third-order valence-corrected chi connectivity index (χ3v) is 4.22. The zero-order chi connectivity index (χ0) is 14.6. The van der Waals surface area contributed by atoms with Gasteiger partial charge in [-0.3, -0.25) is 4.72 Å². The first-order valence-electron chi connectivity index (χ1n) is 6.37. The molecule has 6 nitrogen and oxygen atoms in total. The normalized spacial score (nSPS) is 13.1. The molecule has 1 heterocycles. The van der Waals surface area contributed by atoms with Crippen LogP contribution in [0.2, 0.25) is 0 Å². The summed E-state index contributed by atoms with van der Waals surface area (Å²) in [5.74, 6) is 0. The van der Waals surface area contributed by atoms with Crippen LogP contribution in [0.15, 0.2) is 41.8 Å². The summed E-state index contributed by atoms with van der Waals surface area (Å²) >= 11 is 0. The van der Waals surface area contributed by atoms with E-state index in [1.807, 2.05) is 32.0 Å². The molecule has 0 aliphatic carbocycles. The molecule has 0 amide bonds. The van der Waals surface area contributed by atoms with E-state index in [2.05, 4.69) is 20.0 Å². The molecule has 0 saturated heterocycles. The lowest BCUT2D eigenvalue weighted by Gasteiger charge is -2.14. The van der Waals surface area contributed by atoms with Crippen LogP contribution < -0.4 is 10.0 Å². The average Bonchev–Trinajstić information content (AvgIpc) is 2.93. The highest BCUT2D eigenvalue weighted by atomic mass is 32.2. The SMILES string of the molecule is CCNC(C)c1cccc(NS(=O)(=O)c2cnc[nH]2)c1. The summed E-state index contributed by atoms with van der Waals surface area (Å²) in [6.07, 6.45) is 2.60. The van der Waals surface area contributed by atoms with Gasteiger partial charge in [0.1, 0.15) is 0 Å². The van der Waals surface area contributed by atoms with Gasteiger partial charge in [0.15, 0.2) is 5.03 Å². The third-order valence-electron chi connectivity index (χ3n) is 2.91. The van der Waals surface area contributed by atoms with Crippen molar-refractivity contribution in [2.75, 3.05) is 11.3 Å². The Morgan fingerprint density at radius 1 is 1.40 bits per heavy atom. The van der Waals surface area contributed by atoms with Gasteiger partial charge in [0.25, 0.3) is 10.0 Å². The quantitative estimate of drug-likeness (QED) is 0.759. The number of hydrogen-bond donors (Lipinski definition) is 3. The fourth-order valence-corrected chi connectivity index (χ4v) is 2.85. The summed E-state index contributed by atoms with van der Waals surface area (Å²) in [5, 5.41) is 3.33. The fourth-order valence-electron chi connectivity index (χ4n) is 1.90. The number of imidazole rings is 1. The second-order valence-electron chi connectivity index (χ2n) is 4.43. The maximum absolute atomic E-state index is 12.1. The molecule has 7 heteroatoms. The Balaban J connectivity index is 2.20. The van der Waals surface area contributed by atoms with Crippen LogP contribution in [-0.4, -0.2) is 24.9 Å². The van der Waals surface area contributed by atoms with Gasteiger partial charge in [0.2, 0.25) is 0 Å². The Morgan fingerprint density at radius 2 is 2.20 bits per heavy atom. The zero-order valence-electron chi connectivity index (χ0n) is 11.4. The second kappa shape index (κ2) is 6.06. The van der Waals surface area contributed by atoms with Crippen LogP contribution in [-0.2, 0) is 10.0 Å². The summed E-state index contributed by atoms with van der Waals surface area (Å²) < 4.78 is 26.7. The molecular formula is C13H18N4O2S. The van der Waals surface area contributed by atoms with Gasteiger partial charge in [-0.15, -0.1) is 0 Å². The van der Waals surface area contributed by atoms with E-state index in [1.54, 1.807) is 6.07 Å². The van der Waals surface area contributed by atoms with E-state index in [1.165, 1.54) is 12.5 Å². The van der Waals surface area contributed by atoms with Crippen molar-refractivity contribution in [2.24, 2.45) is 0 Å². The molecule has 20 heavy (non-hydrogen) atoms. The summed E-state index contributed by atoms with van der Waals surface area (Å²) in [5.41, 5.74) is 1.55. The Morgan fingerprint density at radius 3 is 2.85 bits per heavy atom. The van der Waals surface area contributed by atoms with Gasteiger partial charge in [-0.05, 0) is 31.2 Å². The third kappa shape index (κ3) is 3.37. The zero-order valence-corrected chi connectivity index (χ0v) is 12.2. The van der Waals surface area contributed by atoms with Crippen LogP contribution in [0.1, 0.15) is 25.5 Å². The Bertz CT molecular complexity index is 653. The van der Waals surface area contributed by atoms with Gasteiger partial charge in [-0.2, -0.15) is 8.42 Å². The topological polar surface area (TPSA) is 86.9 Å². The fraction of sp³-hybridized carbons (Fsp3) is 0.308. The molecule has 1 aromatic carbocycles. The molecule has 0 saturated carbocycles. The Hall–Kier alpha value is -1.86. The van der Waals surface area contributed by atoms with Gasteiger partial charge in [0.05, 0.1) is 12.5 Å². The Labute approximate surface area is 118 Å². The van der Waals surface area contributed by atoms with E-state index >= 15 is 0 Å². The second-order valence-corrected chi connectivity index (χ2v) is 6.08. The first-order chi connectivity index (χ1) is 9.53. The largest absolute Gasteiger partial charge is 0.334 e. The Kier molecular flexibility index (Phi) is 4.41. The van der Waals surface area contributed by atoms with Crippen molar-refractivity contribution in [1.82, 2.24) is 15.3 Å². The first kappa shape index (κ1) is 14.5. The van der Waals surface area contributed by atoms with E-state index in [4.69, 9.17) is 0 Å². The van der Waals surface area contributed by atoms with Crippen molar-refractivity contribution < 1.29 is 8.42 Å². The van der Waals surface area contributed by atoms with Crippen LogP contribution in [0.3, 0.4) is 0 Å². The highest BCUT2D eigenvalue weighted by Crippen LogP contribution is 2.19. The molecule has 0 aliphatic heterocycles. The highest BCUT2D eigenvalue weighted by Gasteiger charge is 2.16. The summed E-state index contributed by atoms with van der Waals surface area (Å²) in [6, 6.07) is 7.49. The maximum atomic E-state index is 12.1. The molecule has 0 bridgehead atoms. The van der Waals surface area contributed by atoms with Gasteiger partial charge in [-0.25, -0.2) is 4.98 Å². The van der Waals surface area contributed by atoms with Gasteiger partial charge >= 0.3 is 0 Å². The predicted molar refractivity (Wildman–Crippen MR) is 77.9 cm³/mol. The molecular weight excluding hydrogens is 276 g/mol. The lowest BCUT2D eigenvalue weighted by Crippen LogP contribution is -2.18. The van der Waals surface area contributed by atoms with Crippen LogP contribution in [0.5, 0.6) is 0 Å². The molecule has 1 atom stereocenters. The first-order valence-corrected chi connectivity index (χ1v) is 7.86. The maximum Gasteiger partial charge on any atom is 0.278 e. The molecule has 108 valence electrons. The van der Waals surface area contributed by atoms with Crippen molar-refractivity contribution in [3.63, 3.8) is 0 Å². The van der Waals surface area contributed by atoms with Gasteiger partial charge < -0.3 is 10.3 Å². The number of nitrogens with one attached hydrogen (secondary N) is 3. The number of rotatable bonds is 6. The van der Waals surface area contributed by atoms with Crippen molar-refractivity contribution in [3.8, 4) is 0 Å². The molecule has 3 N–H and O–H groups in total. The average molecular weight is 294 g/mol. The van der Waals surface area contributed by atoms with Crippen LogP contribution in [0.4, 0.5) is 5.69 Å². The van der Waals surface area contributed by atoms with E-state index in [9.17, 15) is 8.42 Å². The molecule has 0 aliphatic rings. The molecule has 0 spiro atoms. The summed E-state index contributed by atoms with van der Waals surface area (Å²) in [7, 11) is -3.61. The number of nitrogens with zero attached hydrogens (tertiary/aromatic N) is 1. The minimum Gasteiger partial charge on any atom is -0.334 e. The van der Waals surface area contributed by atoms with E-state index in [0.717, 1.165) is 12.1 Å². The van der Waals surface area contributed by atoms with E-state index in [0.29, 0.717) is 5.69 Å². The molecule has 2 rings (SSSR count). The molecule has 1 unspecified atom stereocenters. The standard InChI is InChI=1S/C13H18N4O2S/c1-3-15-10(2)11-5-4-6-12(7-11)17-20(18,19)13-8-14-9-16-13/h4-10,15,17H,3H2,1-2H3,(H,14,16).